The summed E-state index contributed by atoms with van der Waals surface area (Å²) in [6, 6.07) is 0. The summed E-state index contributed by atoms with van der Waals surface area (Å²) in [5.74, 6) is 0.520. The van der Waals surface area contributed by atoms with E-state index in [0.717, 1.165) is 10.7 Å². The summed E-state index contributed by atoms with van der Waals surface area (Å²) in [7, 11) is 0. The van der Waals surface area contributed by atoms with Gasteiger partial charge in [0.05, 0.1) is 12.2 Å². The second kappa shape index (κ2) is 3.09. The summed E-state index contributed by atoms with van der Waals surface area (Å²) in [6.45, 7) is 0.667. The molecule has 3 heterocycles. The average molecular weight is 219 g/mol. The van der Waals surface area contributed by atoms with Gasteiger partial charge < -0.3 is 10.3 Å². The highest BCUT2D eigenvalue weighted by Crippen LogP contribution is 2.13. The number of imidazole rings is 2. The fourth-order valence-electron chi connectivity index (χ4n) is 1.50. The Morgan fingerprint density at radius 3 is 3.07 bits per heavy atom. The van der Waals surface area contributed by atoms with Crippen molar-refractivity contribution in [1.29, 1.82) is 0 Å². The molecular weight excluding hydrogens is 210 g/mol. The molecule has 2 N–H and O–H groups in total. The molecule has 0 amide bonds. The smallest absolute Gasteiger partial charge is 0.200 e. The lowest BCUT2D eigenvalue weighted by Crippen LogP contribution is -2.03. The first-order valence-corrected chi connectivity index (χ1v) is 5.38. The molecule has 0 fully saturated rings. The van der Waals surface area contributed by atoms with E-state index in [9.17, 15) is 0 Å². The topological polar surface area (TPSA) is 61.1 Å². The van der Waals surface area contributed by atoms with Crippen molar-refractivity contribution in [3.05, 3.63) is 35.9 Å². The lowest BCUT2D eigenvalue weighted by molar-refractivity contribution is 0.792. The van der Waals surface area contributed by atoms with Gasteiger partial charge >= 0.3 is 0 Å². The Bertz CT molecular complexity index is 562. The fraction of sp³-hybridized carbons (Fsp3) is 0.111. The third kappa shape index (κ3) is 1.39. The highest BCUT2D eigenvalue weighted by atomic mass is 32.1. The van der Waals surface area contributed by atoms with Gasteiger partial charge in [-0.2, -0.15) is 0 Å². The van der Waals surface area contributed by atoms with Crippen LogP contribution in [0.3, 0.4) is 0 Å². The first kappa shape index (κ1) is 8.49. The lowest BCUT2D eigenvalue weighted by atomic mass is 10.5. The van der Waals surface area contributed by atoms with E-state index in [-0.39, 0.29) is 0 Å². The molecule has 15 heavy (non-hydrogen) atoms. The maximum Gasteiger partial charge on any atom is 0.200 e. The summed E-state index contributed by atoms with van der Waals surface area (Å²) in [6.07, 6.45) is 7.54. The molecule has 5 nitrogen and oxygen atoms in total. The Hall–Kier alpha value is -1.82. The zero-order valence-electron chi connectivity index (χ0n) is 7.87. The number of anilines is 1. The molecule has 0 aliphatic rings. The van der Waals surface area contributed by atoms with Gasteiger partial charge in [0.2, 0.25) is 0 Å². The van der Waals surface area contributed by atoms with Crippen molar-refractivity contribution in [3.63, 3.8) is 0 Å². The van der Waals surface area contributed by atoms with Gasteiger partial charge in [0.25, 0.3) is 0 Å². The molecule has 0 unspecified atom stereocenters. The van der Waals surface area contributed by atoms with Crippen LogP contribution in [0, 0.1) is 0 Å². The third-order valence-electron chi connectivity index (χ3n) is 2.22. The summed E-state index contributed by atoms with van der Waals surface area (Å²) in [5, 5.41) is 2.01. The molecule has 3 aromatic rings. The Kier molecular flexibility index (Phi) is 1.75. The third-order valence-corrected chi connectivity index (χ3v) is 2.99. The van der Waals surface area contributed by atoms with Gasteiger partial charge in [0.1, 0.15) is 0 Å². The van der Waals surface area contributed by atoms with Gasteiger partial charge in [-0.05, 0) is 0 Å². The number of rotatable bonds is 2. The number of hydrogen-bond donors (Lipinski definition) is 1. The SMILES string of the molecule is Nc1nccn1Cc1cn2ccsc2n1. The standard InChI is InChI=1S/C9H9N5S/c10-8-11-1-2-13(8)5-7-6-14-3-4-15-9(14)12-7/h1-4,6H,5H2,(H2,10,11). The molecule has 0 spiro atoms. The van der Waals surface area contributed by atoms with Crippen LogP contribution in [0.25, 0.3) is 4.96 Å². The summed E-state index contributed by atoms with van der Waals surface area (Å²) >= 11 is 1.62. The predicted octanol–water partition coefficient (Wildman–Crippen LogP) is 1.22. The minimum Gasteiger partial charge on any atom is -0.369 e. The quantitative estimate of drug-likeness (QED) is 0.705. The van der Waals surface area contributed by atoms with Crippen molar-refractivity contribution >= 4 is 22.2 Å². The van der Waals surface area contributed by atoms with Crippen molar-refractivity contribution in [1.82, 2.24) is 18.9 Å². The molecule has 0 bridgehead atoms. The molecule has 3 rings (SSSR count). The molecule has 3 aromatic heterocycles. The summed E-state index contributed by atoms with van der Waals surface area (Å²) in [5.41, 5.74) is 6.67. The second-order valence-corrected chi connectivity index (χ2v) is 4.11. The van der Waals surface area contributed by atoms with Gasteiger partial charge in [-0.15, -0.1) is 11.3 Å². The maximum absolute atomic E-state index is 5.68. The number of hydrogen-bond acceptors (Lipinski definition) is 4. The normalized spacial score (nSPS) is 11.2. The van der Waals surface area contributed by atoms with Crippen LogP contribution in [0.1, 0.15) is 5.69 Å². The van der Waals surface area contributed by atoms with E-state index in [4.69, 9.17) is 5.73 Å². The number of nitrogens with zero attached hydrogens (tertiary/aromatic N) is 4. The van der Waals surface area contributed by atoms with Gasteiger partial charge in [-0.25, -0.2) is 9.97 Å². The van der Waals surface area contributed by atoms with Crippen LogP contribution in [0.5, 0.6) is 0 Å². The largest absolute Gasteiger partial charge is 0.369 e. The number of aromatic nitrogens is 4. The van der Waals surface area contributed by atoms with Gasteiger partial charge in [-0.1, -0.05) is 0 Å². The van der Waals surface area contributed by atoms with E-state index in [1.54, 1.807) is 17.5 Å². The molecule has 76 valence electrons. The minimum absolute atomic E-state index is 0.520. The van der Waals surface area contributed by atoms with Crippen molar-refractivity contribution in [2.75, 3.05) is 5.73 Å². The highest BCUT2D eigenvalue weighted by Gasteiger charge is 2.04. The molecular formula is C9H9N5S. The maximum atomic E-state index is 5.68. The van der Waals surface area contributed by atoms with Crippen molar-refractivity contribution in [2.24, 2.45) is 0 Å². The van der Waals surface area contributed by atoms with E-state index in [1.807, 2.05) is 32.9 Å². The fourth-order valence-corrected chi connectivity index (χ4v) is 2.22. The molecule has 0 aliphatic heterocycles. The van der Waals surface area contributed by atoms with Gasteiger partial charge in [0.15, 0.2) is 10.9 Å². The highest BCUT2D eigenvalue weighted by molar-refractivity contribution is 7.15. The van der Waals surface area contributed by atoms with Crippen molar-refractivity contribution in [2.45, 2.75) is 6.54 Å². The van der Waals surface area contributed by atoms with Crippen molar-refractivity contribution in [3.8, 4) is 0 Å². The van der Waals surface area contributed by atoms with Crippen LogP contribution in [0.15, 0.2) is 30.2 Å². The zero-order chi connectivity index (χ0) is 10.3. The Labute approximate surface area is 89.8 Å². The molecule has 0 radical (unpaired) electrons. The lowest BCUT2D eigenvalue weighted by Gasteiger charge is -1.99. The molecule has 0 aromatic carbocycles. The molecule has 0 saturated heterocycles. The van der Waals surface area contributed by atoms with Crippen LogP contribution in [-0.2, 0) is 6.54 Å². The second-order valence-electron chi connectivity index (χ2n) is 3.24. The zero-order valence-corrected chi connectivity index (χ0v) is 8.68. The average Bonchev–Trinajstić information content (AvgIpc) is 2.83. The van der Waals surface area contributed by atoms with Crippen molar-refractivity contribution < 1.29 is 0 Å². The van der Waals surface area contributed by atoms with E-state index in [2.05, 4.69) is 9.97 Å². The first-order chi connectivity index (χ1) is 7.33. The van der Waals surface area contributed by atoms with Crippen LogP contribution >= 0.6 is 11.3 Å². The van der Waals surface area contributed by atoms with E-state index >= 15 is 0 Å². The van der Waals surface area contributed by atoms with Gasteiger partial charge in [-0.3, -0.25) is 4.40 Å². The monoisotopic (exact) mass is 219 g/mol. The number of nitrogens with two attached hydrogens (primary N) is 1. The molecule has 0 atom stereocenters. The molecule has 6 heteroatoms. The Balaban J connectivity index is 1.95. The summed E-state index contributed by atoms with van der Waals surface area (Å²) < 4.78 is 3.87. The predicted molar refractivity (Wildman–Crippen MR) is 58.8 cm³/mol. The number of nitrogen functional groups attached to an aromatic ring is 1. The minimum atomic E-state index is 0.520. The van der Waals surface area contributed by atoms with Crippen LogP contribution < -0.4 is 5.73 Å². The van der Waals surface area contributed by atoms with E-state index in [1.165, 1.54) is 0 Å². The number of thiazole rings is 1. The van der Waals surface area contributed by atoms with Crippen LogP contribution in [-0.4, -0.2) is 18.9 Å². The van der Waals surface area contributed by atoms with Crippen LogP contribution in [0.2, 0.25) is 0 Å². The Morgan fingerprint density at radius 1 is 1.40 bits per heavy atom. The van der Waals surface area contributed by atoms with E-state index in [0.29, 0.717) is 12.5 Å². The van der Waals surface area contributed by atoms with Gasteiger partial charge in [0, 0.05) is 30.2 Å². The Morgan fingerprint density at radius 2 is 2.33 bits per heavy atom. The number of fused-ring (bicyclic) bond motifs is 1. The molecule has 0 saturated carbocycles. The van der Waals surface area contributed by atoms with E-state index < -0.39 is 0 Å². The summed E-state index contributed by atoms with van der Waals surface area (Å²) in [4.78, 5) is 9.43. The first-order valence-electron chi connectivity index (χ1n) is 4.50. The molecule has 0 aliphatic carbocycles. The van der Waals surface area contributed by atoms with Crippen LogP contribution in [0.4, 0.5) is 5.95 Å².